The Morgan fingerprint density at radius 2 is 1.90 bits per heavy atom. The maximum Gasteiger partial charge on any atom is 0.272 e. The lowest BCUT2D eigenvalue weighted by Crippen LogP contribution is -2.34. The predicted molar refractivity (Wildman–Crippen MR) is 86.3 cm³/mol. The number of hydrogen-bond donors (Lipinski definition) is 1. The topological polar surface area (TPSA) is 55.2 Å². The molecular weight excluding hydrogens is 319 g/mol. The van der Waals surface area contributed by atoms with Gasteiger partial charge < -0.3 is 5.32 Å². The van der Waals surface area contributed by atoms with Crippen LogP contribution in [-0.2, 0) is 0 Å². The van der Waals surface area contributed by atoms with Crippen LogP contribution in [0.25, 0.3) is 0 Å². The molecule has 0 amide bonds. The summed E-state index contributed by atoms with van der Waals surface area (Å²) in [5, 5.41) is 15.3. The summed E-state index contributed by atoms with van der Waals surface area (Å²) in [5.41, 5.74) is 0.514. The van der Waals surface area contributed by atoms with E-state index in [9.17, 15) is 10.1 Å². The van der Waals surface area contributed by atoms with Gasteiger partial charge in [-0.05, 0) is 19.1 Å². The minimum Gasteiger partial charge on any atom is -0.379 e. The van der Waals surface area contributed by atoms with E-state index < -0.39 is 4.92 Å². The van der Waals surface area contributed by atoms with E-state index in [2.05, 4.69) is 11.6 Å². The Labute approximate surface area is 132 Å². The van der Waals surface area contributed by atoms with Gasteiger partial charge in [0.05, 0.1) is 20.7 Å². The van der Waals surface area contributed by atoms with Crippen LogP contribution in [0.3, 0.4) is 0 Å². The van der Waals surface area contributed by atoms with E-state index in [4.69, 9.17) is 23.2 Å². The van der Waals surface area contributed by atoms with Crippen molar-refractivity contribution < 1.29 is 4.92 Å². The summed E-state index contributed by atoms with van der Waals surface area (Å²) in [6.45, 7) is 0. The smallest absolute Gasteiger partial charge is 0.272 e. The van der Waals surface area contributed by atoms with Crippen LogP contribution in [-0.4, -0.2) is 22.5 Å². The maximum absolute atomic E-state index is 10.8. The fourth-order valence-corrected chi connectivity index (χ4v) is 4.05. The fraction of sp³-hybridized carbons (Fsp3) is 0.538. The molecule has 1 aliphatic carbocycles. The maximum atomic E-state index is 10.8. The van der Waals surface area contributed by atoms with Crippen molar-refractivity contribution in [1.82, 2.24) is 0 Å². The van der Waals surface area contributed by atoms with Crippen LogP contribution in [0.2, 0.25) is 10.0 Å². The lowest BCUT2D eigenvalue weighted by atomic mass is 9.94. The molecule has 110 valence electrons. The van der Waals surface area contributed by atoms with Crippen molar-refractivity contribution in [1.29, 1.82) is 0 Å². The lowest BCUT2D eigenvalue weighted by Gasteiger charge is -2.32. The highest BCUT2D eigenvalue weighted by Crippen LogP contribution is 2.37. The van der Waals surface area contributed by atoms with Crippen molar-refractivity contribution in [3.63, 3.8) is 0 Å². The van der Waals surface area contributed by atoms with Gasteiger partial charge >= 0.3 is 0 Å². The van der Waals surface area contributed by atoms with Crippen LogP contribution in [0.5, 0.6) is 0 Å². The van der Waals surface area contributed by atoms with Crippen LogP contribution in [0, 0.1) is 10.1 Å². The van der Waals surface area contributed by atoms with Crippen molar-refractivity contribution in [2.45, 2.75) is 37.0 Å². The minimum absolute atomic E-state index is 0.0874. The molecule has 0 aromatic heterocycles. The summed E-state index contributed by atoms with van der Waals surface area (Å²) in [4.78, 5) is 10.3. The number of nitro benzene ring substituents is 1. The van der Waals surface area contributed by atoms with E-state index in [1.54, 1.807) is 0 Å². The number of halogens is 2. The first kappa shape index (κ1) is 15.7. The minimum atomic E-state index is -0.493. The van der Waals surface area contributed by atoms with Crippen LogP contribution in [0.15, 0.2) is 12.1 Å². The van der Waals surface area contributed by atoms with Gasteiger partial charge in [-0.1, -0.05) is 36.0 Å². The van der Waals surface area contributed by atoms with Gasteiger partial charge in [-0.15, -0.1) is 0 Å². The summed E-state index contributed by atoms with van der Waals surface area (Å²) in [7, 11) is 0. The van der Waals surface area contributed by atoms with Gasteiger partial charge in [0.2, 0.25) is 0 Å². The normalized spacial score (nSPS) is 22.6. The van der Waals surface area contributed by atoms with E-state index in [0.29, 0.717) is 27.0 Å². The Morgan fingerprint density at radius 1 is 1.30 bits per heavy atom. The van der Waals surface area contributed by atoms with Gasteiger partial charge in [-0.2, -0.15) is 11.8 Å². The van der Waals surface area contributed by atoms with E-state index in [0.717, 1.165) is 6.42 Å². The molecule has 0 aliphatic heterocycles. The molecule has 1 aromatic rings. The fourth-order valence-electron chi connectivity index (χ4n) is 2.53. The van der Waals surface area contributed by atoms with Gasteiger partial charge in [0.15, 0.2) is 0 Å². The van der Waals surface area contributed by atoms with Crippen molar-refractivity contribution in [2.24, 2.45) is 0 Å². The van der Waals surface area contributed by atoms with Crippen LogP contribution in [0.1, 0.15) is 25.7 Å². The molecule has 0 bridgehead atoms. The molecule has 0 radical (unpaired) electrons. The van der Waals surface area contributed by atoms with Gasteiger partial charge in [0.1, 0.15) is 0 Å². The molecular formula is C13H16Cl2N2O2S. The molecule has 4 nitrogen and oxygen atoms in total. The number of nitrogens with zero attached hydrogens (tertiary/aromatic N) is 1. The molecule has 1 fully saturated rings. The third-order valence-corrected chi connectivity index (χ3v) is 5.34. The Kier molecular flexibility index (Phi) is 5.41. The highest BCUT2D eigenvalue weighted by atomic mass is 35.5. The monoisotopic (exact) mass is 334 g/mol. The number of anilines is 1. The molecule has 1 aliphatic rings. The number of rotatable bonds is 4. The van der Waals surface area contributed by atoms with E-state index in [1.807, 2.05) is 11.8 Å². The van der Waals surface area contributed by atoms with Gasteiger partial charge in [0.25, 0.3) is 5.69 Å². The molecule has 1 N–H and O–H groups in total. The Morgan fingerprint density at radius 3 is 2.45 bits per heavy atom. The zero-order valence-corrected chi connectivity index (χ0v) is 13.4. The van der Waals surface area contributed by atoms with E-state index in [-0.39, 0.29) is 5.69 Å². The number of nitrogens with one attached hydrogen (secondary N) is 1. The third-order valence-electron chi connectivity index (χ3n) is 3.57. The van der Waals surface area contributed by atoms with Crippen LogP contribution in [0.4, 0.5) is 11.4 Å². The SMILES string of the molecule is CSC1CCCCC1Nc1c(Cl)cc([N+](=O)[O-])cc1Cl. The zero-order valence-electron chi connectivity index (χ0n) is 11.1. The van der Waals surface area contributed by atoms with Crippen LogP contribution >= 0.6 is 35.0 Å². The molecule has 0 saturated heterocycles. The lowest BCUT2D eigenvalue weighted by molar-refractivity contribution is -0.384. The molecule has 1 saturated carbocycles. The van der Waals surface area contributed by atoms with E-state index >= 15 is 0 Å². The molecule has 2 unspecified atom stereocenters. The second-order valence-corrected chi connectivity index (χ2v) is 6.74. The molecule has 0 spiro atoms. The third kappa shape index (κ3) is 3.51. The standard InChI is InChI=1S/C13H16Cl2N2O2S/c1-20-12-5-3-2-4-11(12)16-13-9(14)6-8(17(18)19)7-10(13)15/h6-7,11-12,16H,2-5H2,1H3. The van der Waals surface area contributed by atoms with Crippen molar-refractivity contribution in [3.05, 3.63) is 32.3 Å². The molecule has 20 heavy (non-hydrogen) atoms. The number of nitro groups is 1. The van der Waals surface area contributed by atoms with Gasteiger partial charge in [-0.3, -0.25) is 10.1 Å². The highest BCUT2D eigenvalue weighted by molar-refractivity contribution is 7.99. The summed E-state index contributed by atoms with van der Waals surface area (Å²) in [6.07, 6.45) is 6.75. The summed E-state index contributed by atoms with van der Waals surface area (Å²) in [6, 6.07) is 2.98. The number of thioether (sulfide) groups is 1. The largest absolute Gasteiger partial charge is 0.379 e. The van der Waals surface area contributed by atoms with Crippen molar-refractivity contribution >= 4 is 46.3 Å². The second-order valence-electron chi connectivity index (χ2n) is 4.85. The van der Waals surface area contributed by atoms with Crippen molar-refractivity contribution in [2.75, 3.05) is 11.6 Å². The first-order valence-corrected chi connectivity index (χ1v) is 8.50. The summed E-state index contributed by atoms with van der Waals surface area (Å²) >= 11 is 14.1. The first-order valence-electron chi connectivity index (χ1n) is 6.45. The quantitative estimate of drug-likeness (QED) is 0.622. The number of hydrogen-bond acceptors (Lipinski definition) is 4. The average molecular weight is 335 g/mol. The Bertz CT molecular complexity index is 490. The second kappa shape index (κ2) is 6.87. The Hall–Kier alpha value is -0.650. The average Bonchev–Trinajstić information content (AvgIpc) is 2.42. The van der Waals surface area contributed by atoms with Gasteiger partial charge in [-0.25, -0.2) is 0 Å². The molecule has 2 rings (SSSR count). The van der Waals surface area contributed by atoms with Crippen LogP contribution < -0.4 is 5.32 Å². The molecule has 7 heteroatoms. The molecule has 1 aromatic carbocycles. The van der Waals surface area contributed by atoms with Gasteiger partial charge in [0, 0.05) is 23.4 Å². The zero-order chi connectivity index (χ0) is 14.7. The highest BCUT2D eigenvalue weighted by Gasteiger charge is 2.26. The van der Waals surface area contributed by atoms with E-state index in [1.165, 1.54) is 31.4 Å². The Balaban J connectivity index is 2.22. The first-order chi connectivity index (χ1) is 9.52. The molecule has 0 heterocycles. The van der Waals surface area contributed by atoms with Crippen molar-refractivity contribution in [3.8, 4) is 0 Å². The number of benzene rings is 1. The molecule has 2 atom stereocenters. The predicted octanol–water partition coefficient (Wildman–Crippen LogP) is 4.99. The number of non-ortho nitro benzene ring substituents is 1. The summed E-state index contributed by atoms with van der Waals surface area (Å²) < 4.78 is 0. The summed E-state index contributed by atoms with van der Waals surface area (Å²) in [5.74, 6) is 0.